The normalized spacial score (nSPS) is 10.4. The number of rotatable bonds is 4. The van der Waals surface area contributed by atoms with Gasteiger partial charge in [-0.1, -0.05) is 12.1 Å². The second kappa shape index (κ2) is 6.72. The van der Waals surface area contributed by atoms with Crippen LogP contribution in [0.1, 0.15) is 15.4 Å². The molecule has 0 saturated heterocycles. The van der Waals surface area contributed by atoms with Gasteiger partial charge in [0.2, 0.25) is 0 Å². The Morgan fingerprint density at radius 1 is 1.25 bits per heavy atom. The molecule has 0 atom stereocenters. The number of aryl methyl sites for hydroxylation is 1. The van der Waals surface area contributed by atoms with Crippen molar-refractivity contribution in [3.63, 3.8) is 0 Å². The molecule has 2 aromatic carbocycles. The molecule has 0 unspecified atom stereocenters. The number of hydrogen-bond acceptors (Lipinski definition) is 5. The summed E-state index contributed by atoms with van der Waals surface area (Å²) in [4.78, 5) is 16.9. The van der Waals surface area contributed by atoms with Crippen LogP contribution in [0.4, 0.5) is 5.69 Å². The van der Waals surface area contributed by atoms with Gasteiger partial charge < -0.3 is 15.2 Å². The maximum atomic E-state index is 12.4. The summed E-state index contributed by atoms with van der Waals surface area (Å²) in [5, 5.41) is 15.6. The average Bonchev–Trinajstić information content (AvgIpc) is 3.02. The molecule has 1 heterocycles. The molecular formula is C18H16N2O3S. The molecule has 0 spiro atoms. The van der Waals surface area contributed by atoms with E-state index in [2.05, 4.69) is 10.3 Å². The number of amides is 1. The molecule has 0 bridgehead atoms. The van der Waals surface area contributed by atoms with Gasteiger partial charge in [-0.3, -0.25) is 4.79 Å². The highest BCUT2D eigenvalue weighted by molar-refractivity contribution is 7.09. The van der Waals surface area contributed by atoms with Crippen molar-refractivity contribution in [2.75, 3.05) is 12.4 Å². The predicted molar refractivity (Wildman–Crippen MR) is 94.9 cm³/mol. The van der Waals surface area contributed by atoms with Gasteiger partial charge in [0.05, 0.1) is 23.4 Å². The highest BCUT2D eigenvalue weighted by Gasteiger charge is 2.13. The maximum absolute atomic E-state index is 12.4. The number of carbonyl (C=O) groups excluding carboxylic acids is 1. The van der Waals surface area contributed by atoms with E-state index in [9.17, 15) is 9.90 Å². The third kappa shape index (κ3) is 3.38. The van der Waals surface area contributed by atoms with Crippen LogP contribution in [0, 0.1) is 6.92 Å². The SMILES string of the molecule is COc1ccc(O)c(C(=O)Nc2cccc(-c3csc(C)n3)c2)c1. The Balaban J connectivity index is 1.85. The zero-order chi connectivity index (χ0) is 17.1. The van der Waals surface area contributed by atoms with E-state index in [1.165, 1.54) is 19.2 Å². The summed E-state index contributed by atoms with van der Waals surface area (Å²) in [6, 6.07) is 12.0. The molecule has 1 amide bonds. The van der Waals surface area contributed by atoms with E-state index in [1.54, 1.807) is 23.5 Å². The van der Waals surface area contributed by atoms with Crippen molar-refractivity contribution >= 4 is 22.9 Å². The molecule has 0 radical (unpaired) electrons. The molecule has 0 aliphatic rings. The molecule has 1 aromatic heterocycles. The molecule has 0 fully saturated rings. The lowest BCUT2D eigenvalue weighted by molar-refractivity contribution is 0.102. The Hall–Kier alpha value is -2.86. The lowest BCUT2D eigenvalue weighted by atomic mass is 10.1. The number of hydrogen-bond donors (Lipinski definition) is 2. The summed E-state index contributed by atoms with van der Waals surface area (Å²) in [5.74, 6) is 0.00207. The van der Waals surface area contributed by atoms with Crippen LogP contribution in [0.5, 0.6) is 11.5 Å². The number of aromatic hydroxyl groups is 1. The average molecular weight is 340 g/mol. The summed E-state index contributed by atoms with van der Waals surface area (Å²) < 4.78 is 5.09. The second-order valence-electron chi connectivity index (χ2n) is 5.17. The number of benzene rings is 2. The molecule has 2 N–H and O–H groups in total. The summed E-state index contributed by atoms with van der Waals surface area (Å²) in [5.41, 5.74) is 2.58. The van der Waals surface area contributed by atoms with E-state index in [0.29, 0.717) is 11.4 Å². The molecule has 0 aliphatic heterocycles. The van der Waals surface area contributed by atoms with E-state index in [-0.39, 0.29) is 11.3 Å². The first-order valence-corrected chi connectivity index (χ1v) is 8.15. The molecule has 24 heavy (non-hydrogen) atoms. The van der Waals surface area contributed by atoms with E-state index < -0.39 is 5.91 Å². The highest BCUT2D eigenvalue weighted by atomic mass is 32.1. The van der Waals surface area contributed by atoms with Crippen molar-refractivity contribution in [2.24, 2.45) is 0 Å². The number of carbonyl (C=O) groups is 1. The van der Waals surface area contributed by atoms with E-state index in [0.717, 1.165) is 16.3 Å². The van der Waals surface area contributed by atoms with Gasteiger partial charge in [-0.15, -0.1) is 11.3 Å². The van der Waals surface area contributed by atoms with Gasteiger partial charge >= 0.3 is 0 Å². The van der Waals surface area contributed by atoms with Crippen molar-refractivity contribution in [3.8, 4) is 22.8 Å². The Morgan fingerprint density at radius 3 is 2.79 bits per heavy atom. The van der Waals surface area contributed by atoms with Gasteiger partial charge in [-0.05, 0) is 37.3 Å². The van der Waals surface area contributed by atoms with Crippen LogP contribution in [0.3, 0.4) is 0 Å². The Morgan fingerprint density at radius 2 is 2.08 bits per heavy atom. The number of phenols is 1. The summed E-state index contributed by atoms with van der Waals surface area (Å²) in [6.07, 6.45) is 0. The molecule has 3 rings (SSSR count). The fourth-order valence-corrected chi connectivity index (χ4v) is 2.90. The number of aromatic nitrogens is 1. The standard InChI is InChI=1S/C18H16N2O3S/c1-11-19-16(10-24-11)12-4-3-5-13(8-12)20-18(22)15-9-14(23-2)6-7-17(15)21/h3-10,21H,1-2H3,(H,20,22). The number of thiazole rings is 1. The fourth-order valence-electron chi connectivity index (χ4n) is 2.27. The minimum Gasteiger partial charge on any atom is -0.507 e. The highest BCUT2D eigenvalue weighted by Crippen LogP contribution is 2.26. The number of ether oxygens (including phenoxy) is 1. The molecule has 122 valence electrons. The number of phenolic OH excluding ortho intramolecular Hbond substituents is 1. The topological polar surface area (TPSA) is 71.5 Å². The van der Waals surface area contributed by atoms with Crippen molar-refractivity contribution in [1.82, 2.24) is 4.98 Å². The van der Waals surface area contributed by atoms with Crippen LogP contribution in [-0.4, -0.2) is 23.1 Å². The smallest absolute Gasteiger partial charge is 0.259 e. The second-order valence-corrected chi connectivity index (χ2v) is 6.23. The molecule has 5 nitrogen and oxygen atoms in total. The first-order valence-electron chi connectivity index (χ1n) is 7.28. The Labute approximate surface area is 143 Å². The van der Waals surface area contributed by atoms with Crippen molar-refractivity contribution in [1.29, 1.82) is 0 Å². The van der Waals surface area contributed by atoms with E-state index in [4.69, 9.17) is 4.74 Å². The Bertz CT molecular complexity index is 889. The summed E-state index contributed by atoms with van der Waals surface area (Å²) in [7, 11) is 1.51. The van der Waals surface area contributed by atoms with Crippen LogP contribution in [0.2, 0.25) is 0 Å². The summed E-state index contributed by atoms with van der Waals surface area (Å²) >= 11 is 1.58. The maximum Gasteiger partial charge on any atom is 0.259 e. The number of methoxy groups -OCH3 is 1. The Kier molecular flexibility index (Phi) is 4.48. The van der Waals surface area contributed by atoms with Gasteiger partial charge in [-0.2, -0.15) is 0 Å². The third-order valence-corrected chi connectivity index (χ3v) is 4.26. The zero-order valence-corrected chi connectivity index (χ0v) is 14.1. The predicted octanol–water partition coefficient (Wildman–Crippen LogP) is 4.09. The quantitative estimate of drug-likeness (QED) is 0.750. The zero-order valence-electron chi connectivity index (χ0n) is 13.2. The lowest BCUT2D eigenvalue weighted by Gasteiger charge is -2.09. The lowest BCUT2D eigenvalue weighted by Crippen LogP contribution is -2.12. The van der Waals surface area contributed by atoms with Crippen LogP contribution < -0.4 is 10.1 Å². The minimum absolute atomic E-state index is 0.0976. The third-order valence-electron chi connectivity index (χ3n) is 3.48. The van der Waals surface area contributed by atoms with Crippen LogP contribution in [0.25, 0.3) is 11.3 Å². The number of nitrogens with zero attached hydrogens (tertiary/aromatic N) is 1. The molecule has 6 heteroatoms. The van der Waals surface area contributed by atoms with Gasteiger partial charge in [0.1, 0.15) is 11.5 Å². The number of anilines is 1. The molecule has 3 aromatic rings. The van der Waals surface area contributed by atoms with Crippen molar-refractivity contribution < 1.29 is 14.6 Å². The largest absolute Gasteiger partial charge is 0.507 e. The van der Waals surface area contributed by atoms with Gasteiger partial charge in [0, 0.05) is 16.6 Å². The molecule has 0 aliphatic carbocycles. The minimum atomic E-state index is -0.405. The fraction of sp³-hybridized carbons (Fsp3) is 0.111. The molecule has 0 saturated carbocycles. The van der Waals surface area contributed by atoms with Gasteiger partial charge in [-0.25, -0.2) is 4.98 Å². The van der Waals surface area contributed by atoms with E-state index >= 15 is 0 Å². The number of nitrogens with one attached hydrogen (secondary N) is 1. The van der Waals surface area contributed by atoms with Gasteiger partial charge in [0.25, 0.3) is 5.91 Å². The summed E-state index contributed by atoms with van der Waals surface area (Å²) in [6.45, 7) is 1.95. The monoisotopic (exact) mass is 340 g/mol. The van der Waals surface area contributed by atoms with Crippen LogP contribution in [0.15, 0.2) is 47.8 Å². The van der Waals surface area contributed by atoms with E-state index in [1.807, 2.05) is 30.5 Å². The van der Waals surface area contributed by atoms with Crippen molar-refractivity contribution in [2.45, 2.75) is 6.92 Å². The van der Waals surface area contributed by atoms with Crippen molar-refractivity contribution in [3.05, 3.63) is 58.4 Å². The van der Waals surface area contributed by atoms with Crippen LogP contribution in [-0.2, 0) is 0 Å². The van der Waals surface area contributed by atoms with Crippen LogP contribution >= 0.6 is 11.3 Å². The first kappa shape index (κ1) is 16.0. The van der Waals surface area contributed by atoms with Gasteiger partial charge in [0.15, 0.2) is 0 Å². The molecular weight excluding hydrogens is 324 g/mol. The first-order chi connectivity index (χ1) is 11.6.